The van der Waals surface area contributed by atoms with Crippen LogP contribution in [0.1, 0.15) is 0 Å². The van der Waals surface area contributed by atoms with Gasteiger partial charge in [-0.2, -0.15) is 0 Å². The smallest absolute Gasteiger partial charge is 0.455 e. The molecule has 0 rings (SSSR count). The second-order valence-corrected chi connectivity index (χ2v) is 30.4. The van der Waals surface area contributed by atoms with Gasteiger partial charge in [-0.05, 0) is 78.6 Å². The Morgan fingerprint density at radius 1 is 0.741 bits per heavy atom. The normalized spacial score (nSPS) is 15.6. The third-order valence-corrected chi connectivity index (χ3v) is 10.8. The summed E-state index contributed by atoms with van der Waals surface area (Å²) < 4.78 is 41.9. The van der Waals surface area contributed by atoms with Gasteiger partial charge in [-0.25, -0.2) is 4.57 Å². The van der Waals surface area contributed by atoms with Crippen molar-refractivity contribution in [1.29, 1.82) is 0 Å². The van der Waals surface area contributed by atoms with Gasteiger partial charge >= 0.3 is 13.8 Å². The molecule has 0 amide bonds. The molecule has 0 aromatic heterocycles. The summed E-state index contributed by atoms with van der Waals surface area (Å²) in [6, 6.07) is 0. The quantitative estimate of drug-likeness (QED) is 0.292. The second kappa shape index (κ2) is 9.48. The molecule has 0 saturated carbocycles. The van der Waals surface area contributed by atoms with E-state index >= 15 is 0 Å². The summed E-state index contributed by atoms with van der Waals surface area (Å²) in [4.78, 5) is 12.6. The molecular formula is C15H39O7PSi4. The largest absolute Gasteiger partial charge is 0.518 e. The Morgan fingerprint density at radius 2 is 1.15 bits per heavy atom. The minimum atomic E-state index is -3.81. The molecule has 0 aliphatic carbocycles. The van der Waals surface area contributed by atoms with E-state index in [9.17, 15) is 9.36 Å². The monoisotopic (exact) mass is 474 g/mol. The van der Waals surface area contributed by atoms with Crippen molar-refractivity contribution in [2.24, 2.45) is 0 Å². The Morgan fingerprint density at radius 3 is 1.44 bits per heavy atom. The van der Waals surface area contributed by atoms with Crippen LogP contribution >= 0.6 is 7.82 Å². The molecule has 1 atom stereocenters. The van der Waals surface area contributed by atoms with E-state index in [0.29, 0.717) is 0 Å². The first kappa shape index (κ1) is 27.4. The highest BCUT2D eigenvalue weighted by Gasteiger charge is 2.40. The van der Waals surface area contributed by atoms with Crippen LogP contribution in [0.5, 0.6) is 0 Å². The number of hydrogen-bond acceptors (Lipinski definition) is 7. The Balaban J connectivity index is 5.46. The molecular weight excluding hydrogens is 435 g/mol. The first-order valence-corrected chi connectivity index (χ1v) is 24.3. The molecule has 0 N–H and O–H groups in total. The molecule has 12 heteroatoms. The fraction of sp³-hybridized carbons (Fsp3) is 0.933. The highest BCUT2D eigenvalue weighted by atomic mass is 31.2. The zero-order valence-corrected chi connectivity index (χ0v) is 24.0. The number of rotatable bonds is 11. The summed E-state index contributed by atoms with van der Waals surface area (Å²) in [6.07, 6.45) is -0.952. The van der Waals surface area contributed by atoms with Crippen LogP contribution in [0.3, 0.4) is 0 Å². The molecule has 0 aliphatic rings. The van der Waals surface area contributed by atoms with Crippen LogP contribution in [-0.2, 0) is 31.2 Å². The van der Waals surface area contributed by atoms with Crippen molar-refractivity contribution >= 4 is 47.1 Å². The van der Waals surface area contributed by atoms with Gasteiger partial charge in [0.2, 0.25) is 8.32 Å². The topological polar surface area (TPSA) is 80.3 Å². The van der Waals surface area contributed by atoms with E-state index < -0.39 is 53.2 Å². The molecule has 0 aromatic rings. The van der Waals surface area contributed by atoms with Gasteiger partial charge in [0, 0.05) is 0 Å². The van der Waals surface area contributed by atoms with Gasteiger partial charge in [0.05, 0.1) is 6.61 Å². The lowest BCUT2D eigenvalue weighted by Gasteiger charge is -2.32. The Kier molecular flexibility index (Phi) is 9.62. The predicted octanol–water partition coefficient (Wildman–Crippen LogP) is 5.41. The SMILES string of the molecule is C[Si](C)(C)OC(=O)[C@H](COP(=O)(O[Si](C)(C)C)O[Si](C)(C)C)O[Si](C)(C)C. The van der Waals surface area contributed by atoms with Crippen LogP contribution in [0.25, 0.3) is 0 Å². The summed E-state index contributed by atoms with van der Waals surface area (Å²) in [7, 11) is -12.4. The van der Waals surface area contributed by atoms with Gasteiger partial charge in [-0.15, -0.1) is 0 Å². The van der Waals surface area contributed by atoms with Gasteiger partial charge in [0.25, 0.3) is 0 Å². The maximum absolute atomic E-state index is 13.2. The summed E-state index contributed by atoms with van der Waals surface area (Å²) in [6.45, 7) is 22.9. The van der Waals surface area contributed by atoms with Crippen LogP contribution in [-0.4, -0.2) is 51.9 Å². The minimum Gasteiger partial charge on any atom is -0.518 e. The molecule has 0 aromatic carbocycles. The standard InChI is InChI=1S/C15H39O7PSi4/c1-24(2,3)19-14(15(16)20-25(4,5)6)13-18-23(17,21-26(7,8)9)22-27(10,11)12/h14H,13H2,1-12H3/t14-/m0/s1. The van der Waals surface area contributed by atoms with E-state index in [1.807, 2.05) is 78.6 Å². The van der Waals surface area contributed by atoms with Gasteiger partial charge in [0.15, 0.2) is 31.1 Å². The van der Waals surface area contributed by atoms with Crippen LogP contribution < -0.4 is 0 Å². The molecule has 7 nitrogen and oxygen atoms in total. The van der Waals surface area contributed by atoms with E-state index in [4.69, 9.17) is 21.8 Å². The average Bonchev–Trinajstić information content (AvgIpc) is 2.25. The lowest BCUT2D eigenvalue weighted by atomic mass is 10.4. The molecule has 27 heavy (non-hydrogen) atoms. The van der Waals surface area contributed by atoms with E-state index in [1.165, 1.54) is 0 Å². The Labute approximate surface area is 169 Å². The average molecular weight is 475 g/mol. The molecule has 162 valence electrons. The van der Waals surface area contributed by atoms with Crippen molar-refractivity contribution in [3.63, 3.8) is 0 Å². The number of phosphoric acid groups is 1. The fourth-order valence-corrected chi connectivity index (χ4v) is 10.2. The number of carbonyl (C=O) groups excluding carboxylic acids is 1. The maximum atomic E-state index is 13.2. The number of carbonyl (C=O) groups is 1. The van der Waals surface area contributed by atoms with Gasteiger partial charge in [0.1, 0.15) is 0 Å². The molecule has 0 bridgehead atoms. The van der Waals surface area contributed by atoms with E-state index in [0.717, 1.165) is 0 Å². The second-order valence-electron chi connectivity index (χ2n) is 10.4. The third kappa shape index (κ3) is 15.0. The fourth-order valence-electron chi connectivity index (χ4n) is 1.85. The zero-order valence-electron chi connectivity index (χ0n) is 19.1. The van der Waals surface area contributed by atoms with Crippen molar-refractivity contribution in [2.45, 2.75) is 84.7 Å². The lowest BCUT2D eigenvalue weighted by molar-refractivity contribution is -0.145. The molecule has 0 spiro atoms. The Hall–Kier alpha value is 0.408. The van der Waals surface area contributed by atoms with Crippen molar-refractivity contribution < 1.29 is 31.2 Å². The first-order valence-electron chi connectivity index (χ1n) is 9.18. The van der Waals surface area contributed by atoms with Crippen molar-refractivity contribution in [1.82, 2.24) is 0 Å². The summed E-state index contributed by atoms with van der Waals surface area (Å²) in [5.74, 6) is -0.482. The highest BCUT2D eigenvalue weighted by molar-refractivity contribution is 7.52. The van der Waals surface area contributed by atoms with Crippen LogP contribution in [0.4, 0.5) is 0 Å². The number of hydrogen-bond donors (Lipinski definition) is 0. The van der Waals surface area contributed by atoms with Crippen LogP contribution in [0.2, 0.25) is 78.6 Å². The first-order chi connectivity index (χ1) is 11.6. The minimum absolute atomic E-state index is 0.222. The third-order valence-electron chi connectivity index (χ3n) is 2.32. The summed E-state index contributed by atoms with van der Waals surface area (Å²) in [5, 5.41) is 0. The molecule has 0 unspecified atom stereocenters. The van der Waals surface area contributed by atoms with E-state index in [1.54, 1.807) is 0 Å². The van der Waals surface area contributed by atoms with Crippen molar-refractivity contribution in [3.8, 4) is 0 Å². The predicted molar refractivity (Wildman–Crippen MR) is 120 cm³/mol. The van der Waals surface area contributed by atoms with E-state index in [2.05, 4.69) is 0 Å². The van der Waals surface area contributed by atoms with Gasteiger partial charge in [-0.1, -0.05) is 0 Å². The molecule has 0 saturated heterocycles. The molecule has 0 fully saturated rings. The maximum Gasteiger partial charge on any atom is 0.455 e. The molecule has 0 heterocycles. The Bertz CT molecular complexity index is 524. The zero-order chi connectivity index (χ0) is 21.9. The van der Waals surface area contributed by atoms with Crippen LogP contribution in [0.15, 0.2) is 0 Å². The summed E-state index contributed by atoms with van der Waals surface area (Å²) in [5.41, 5.74) is 0. The van der Waals surface area contributed by atoms with E-state index in [-0.39, 0.29) is 6.61 Å². The molecule has 0 radical (unpaired) electrons. The van der Waals surface area contributed by atoms with Crippen molar-refractivity contribution in [3.05, 3.63) is 0 Å². The molecule has 0 aliphatic heterocycles. The van der Waals surface area contributed by atoms with Gasteiger partial charge in [-0.3, -0.25) is 9.32 Å². The lowest BCUT2D eigenvalue weighted by Crippen LogP contribution is -2.44. The highest BCUT2D eigenvalue weighted by Crippen LogP contribution is 2.54. The van der Waals surface area contributed by atoms with Crippen LogP contribution in [0, 0.1) is 0 Å². The van der Waals surface area contributed by atoms with Gasteiger partial charge < -0.3 is 17.3 Å². The summed E-state index contributed by atoms with van der Waals surface area (Å²) >= 11 is 0. The van der Waals surface area contributed by atoms with Crippen molar-refractivity contribution in [2.75, 3.05) is 6.61 Å².